The van der Waals surface area contributed by atoms with Crippen molar-refractivity contribution in [1.29, 1.82) is 5.26 Å². The minimum absolute atomic E-state index is 0.426. The quantitative estimate of drug-likeness (QED) is 0.616. The summed E-state index contributed by atoms with van der Waals surface area (Å²) in [5.41, 5.74) is 7.40. The van der Waals surface area contributed by atoms with Crippen LogP contribution in [0.25, 0.3) is 0 Å². The maximum absolute atomic E-state index is 9.67. The predicted molar refractivity (Wildman–Crippen MR) is 108 cm³/mol. The highest BCUT2D eigenvalue weighted by Crippen LogP contribution is 2.33. The zero-order chi connectivity index (χ0) is 18.3. The van der Waals surface area contributed by atoms with Crippen LogP contribution in [0.3, 0.4) is 0 Å². The van der Waals surface area contributed by atoms with Gasteiger partial charge in [-0.1, -0.05) is 30.3 Å². The Kier molecular flexibility index (Phi) is 7.09. The number of benzene rings is 2. The van der Waals surface area contributed by atoms with Crippen molar-refractivity contribution in [2.45, 2.75) is 32.2 Å². The number of halogens is 1. The Balaban J connectivity index is 2.31. The van der Waals surface area contributed by atoms with Crippen LogP contribution in [-0.4, -0.2) is 18.8 Å². The van der Waals surface area contributed by atoms with E-state index in [4.69, 9.17) is 15.2 Å². The van der Waals surface area contributed by atoms with Gasteiger partial charge in [0.25, 0.3) is 0 Å². The Bertz CT molecular complexity index is 716. The predicted octanol–water partition coefficient (Wildman–Crippen LogP) is 4.09. The molecule has 2 aromatic rings. The number of nitriles is 1. The fraction of sp³-hybridized carbons (Fsp3) is 0.350. The van der Waals surface area contributed by atoms with E-state index >= 15 is 0 Å². The summed E-state index contributed by atoms with van der Waals surface area (Å²) in [6.07, 6.45) is 0.916. The summed E-state index contributed by atoms with van der Waals surface area (Å²) in [5, 5.41) is 9.67. The number of ether oxygens (including phenoxy) is 2. The molecule has 2 aromatic carbocycles. The van der Waals surface area contributed by atoms with E-state index in [9.17, 15) is 5.26 Å². The van der Waals surface area contributed by atoms with E-state index in [1.165, 1.54) is 0 Å². The summed E-state index contributed by atoms with van der Waals surface area (Å²) >= 11 is 2.22. The van der Waals surface area contributed by atoms with Crippen LogP contribution >= 0.6 is 22.6 Å². The van der Waals surface area contributed by atoms with Gasteiger partial charge in [-0.25, -0.2) is 0 Å². The van der Waals surface area contributed by atoms with Gasteiger partial charge in [0, 0.05) is 12.8 Å². The molecule has 132 valence electrons. The van der Waals surface area contributed by atoms with Gasteiger partial charge in [0.1, 0.15) is 17.0 Å². The first-order valence-electron chi connectivity index (χ1n) is 8.33. The summed E-state index contributed by atoms with van der Waals surface area (Å²) in [5.74, 6) is 1.54. The lowest BCUT2D eigenvalue weighted by Crippen LogP contribution is -2.42. The molecule has 0 bridgehead atoms. The van der Waals surface area contributed by atoms with Gasteiger partial charge in [0.05, 0.1) is 22.9 Å². The highest BCUT2D eigenvalue weighted by Gasteiger charge is 2.27. The lowest BCUT2D eigenvalue weighted by molar-refractivity contribution is 0.317. The van der Waals surface area contributed by atoms with E-state index in [1.54, 1.807) is 0 Å². The van der Waals surface area contributed by atoms with Crippen LogP contribution in [0.4, 0.5) is 0 Å². The Labute approximate surface area is 163 Å². The van der Waals surface area contributed by atoms with Crippen molar-refractivity contribution in [3.63, 3.8) is 0 Å². The standard InChI is InChI=1S/C20H23IN2O2/c1-3-24-17-10-16(11-18(19(17)21)25-4-2)13-20(23,14-22)12-15-8-6-5-7-9-15/h5-11H,3-4,12-13,23H2,1-2H3. The molecular weight excluding hydrogens is 427 g/mol. The highest BCUT2D eigenvalue weighted by atomic mass is 127. The molecular formula is C20H23IN2O2. The summed E-state index contributed by atoms with van der Waals surface area (Å²) in [7, 11) is 0. The van der Waals surface area contributed by atoms with Crippen molar-refractivity contribution in [3.05, 3.63) is 57.2 Å². The topological polar surface area (TPSA) is 68.3 Å². The number of nitrogens with zero attached hydrogens (tertiary/aromatic N) is 1. The van der Waals surface area contributed by atoms with E-state index in [-0.39, 0.29) is 0 Å². The Hall–Kier alpha value is -1.78. The van der Waals surface area contributed by atoms with E-state index in [0.717, 1.165) is 26.2 Å². The fourth-order valence-electron chi connectivity index (χ4n) is 2.72. The number of hydrogen-bond acceptors (Lipinski definition) is 4. The van der Waals surface area contributed by atoms with E-state index in [2.05, 4.69) is 28.7 Å². The molecule has 0 spiro atoms. The van der Waals surface area contributed by atoms with Crippen LogP contribution in [-0.2, 0) is 12.8 Å². The minimum Gasteiger partial charge on any atom is -0.493 e. The van der Waals surface area contributed by atoms with E-state index < -0.39 is 5.54 Å². The molecule has 4 nitrogen and oxygen atoms in total. The number of rotatable bonds is 8. The Morgan fingerprint density at radius 2 is 1.52 bits per heavy atom. The van der Waals surface area contributed by atoms with Gasteiger partial charge in [-0.05, 0) is 59.7 Å². The lowest BCUT2D eigenvalue weighted by Gasteiger charge is -2.23. The average molecular weight is 450 g/mol. The van der Waals surface area contributed by atoms with Crippen molar-refractivity contribution in [2.24, 2.45) is 5.73 Å². The molecule has 0 fully saturated rings. The fourth-order valence-corrected chi connectivity index (χ4v) is 3.34. The van der Waals surface area contributed by atoms with Crippen molar-refractivity contribution in [1.82, 2.24) is 0 Å². The largest absolute Gasteiger partial charge is 0.493 e. The second kappa shape index (κ2) is 9.07. The summed E-state index contributed by atoms with van der Waals surface area (Å²) < 4.78 is 12.4. The van der Waals surface area contributed by atoms with Crippen molar-refractivity contribution < 1.29 is 9.47 Å². The van der Waals surface area contributed by atoms with Gasteiger partial charge >= 0.3 is 0 Å². The second-order valence-electron chi connectivity index (χ2n) is 5.88. The van der Waals surface area contributed by atoms with Gasteiger partial charge in [0.15, 0.2) is 0 Å². The third kappa shape index (κ3) is 5.35. The number of hydrogen-bond donors (Lipinski definition) is 1. The molecule has 0 aliphatic rings. The zero-order valence-electron chi connectivity index (χ0n) is 14.6. The normalized spacial score (nSPS) is 12.9. The highest BCUT2D eigenvalue weighted by molar-refractivity contribution is 14.1. The third-order valence-electron chi connectivity index (χ3n) is 3.77. The van der Waals surface area contributed by atoms with Crippen LogP contribution in [0.1, 0.15) is 25.0 Å². The lowest BCUT2D eigenvalue weighted by atomic mass is 9.87. The molecule has 1 atom stereocenters. The first kappa shape index (κ1) is 19.5. The number of nitrogens with two attached hydrogens (primary N) is 1. The minimum atomic E-state index is -0.985. The van der Waals surface area contributed by atoms with Gasteiger partial charge in [-0.15, -0.1) is 0 Å². The first-order valence-corrected chi connectivity index (χ1v) is 9.41. The molecule has 2 N–H and O–H groups in total. The van der Waals surface area contributed by atoms with Crippen LogP contribution < -0.4 is 15.2 Å². The van der Waals surface area contributed by atoms with E-state index in [0.29, 0.717) is 26.1 Å². The SMILES string of the molecule is CCOc1cc(CC(N)(C#N)Cc2ccccc2)cc(OCC)c1I. The van der Waals surface area contributed by atoms with Gasteiger partial charge in [0.2, 0.25) is 0 Å². The maximum Gasteiger partial charge on any atom is 0.136 e. The van der Waals surface area contributed by atoms with Gasteiger partial charge < -0.3 is 15.2 Å². The summed E-state index contributed by atoms with van der Waals surface area (Å²) in [4.78, 5) is 0. The first-order chi connectivity index (χ1) is 12.0. The molecule has 0 saturated carbocycles. The molecule has 0 radical (unpaired) electrons. The van der Waals surface area contributed by atoms with Crippen LogP contribution in [0.2, 0.25) is 0 Å². The van der Waals surface area contributed by atoms with Gasteiger partial charge in [-0.2, -0.15) is 5.26 Å². The molecule has 0 aliphatic carbocycles. The molecule has 0 aromatic heterocycles. The van der Waals surface area contributed by atoms with Crippen molar-refractivity contribution in [3.8, 4) is 17.6 Å². The molecule has 5 heteroatoms. The van der Waals surface area contributed by atoms with Crippen molar-refractivity contribution >= 4 is 22.6 Å². The monoisotopic (exact) mass is 450 g/mol. The van der Waals surface area contributed by atoms with Crippen LogP contribution in [0.5, 0.6) is 11.5 Å². The molecule has 0 heterocycles. The average Bonchev–Trinajstić information content (AvgIpc) is 2.60. The summed E-state index contributed by atoms with van der Waals surface area (Å²) in [6, 6.07) is 16.0. The second-order valence-corrected chi connectivity index (χ2v) is 6.96. The Morgan fingerprint density at radius 3 is 2.00 bits per heavy atom. The molecule has 0 aliphatic heterocycles. The molecule has 25 heavy (non-hydrogen) atoms. The molecule has 1 unspecified atom stereocenters. The van der Waals surface area contributed by atoms with Gasteiger partial charge in [-0.3, -0.25) is 0 Å². The molecule has 0 amide bonds. The maximum atomic E-state index is 9.67. The molecule has 0 saturated heterocycles. The summed E-state index contributed by atoms with van der Waals surface area (Å²) in [6.45, 7) is 5.03. The van der Waals surface area contributed by atoms with Crippen LogP contribution in [0, 0.1) is 14.9 Å². The zero-order valence-corrected chi connectivity index (χ0v) is 16.7. The smallest absolute Gasteiger partial charge is 0.136 e. The third-order valence-corrected chi connectivity index (χ3v) is 4.83. The molecule has 2 rings (SSSR count). The Morgan fingerprint density at radius 1 is 1.00 bits per heavy atom. The van der Waals surface area contributed by atoms with Crippen LogP contribution in [0.15, 0.2) is 42.5 Å². The van der Waals surface area contributed by atoms with Crippen molar-refractivity contribution in [2.75, 3.05) is 13.2 Å². The van der Waals surface area contributed by atoms with E-state index in [1.807, 2.05) is 56.3 Å².